The van der Waals surface area contributed by atoms with Gasteiger partial charge in [-0.3, -0.25) is 9.59 Å². The summed E-state index contributed by atoms with van der Waals surface area (Å²) in [5.41, 5.74) is 0.479. The van der Waals surface area contributed by atoms with E-state index >= 15 is 0 Å². The first-order chi connectivity index (χ1) is 16.3. The molecule has 10 heteroatoms. The number of esters is 1. The van der Waals surface area contributed by atoms with Crippen LogP contribution in [0.3, 0.4) is 0 Å². The predicted molar refractivity (Wildman–Crippen MR) is 122 cm³/mol. The number of rotatable bonds is 7. The minimum Gasteiger partial charge on any atom is -0.486 e. The Morgan fingerprint density at radius 2 is 1.74 bits per heavy atom. The number of ketones is 1. The summed E-state index contributed by atoms with van der Waals surface area (Å²) in [6.07, 6.45) is 0.364. The van der Waals surface area contributed by atoms with E-state index in [9.17, 15) is 22.8 Å². The number of fused-ring (bicyclic) bond motifs is 1. The van der Waals surface area contributed by atoms with E-state index in [0.717, 1.165) is 0 Å². The Balaban J connectivity index is 1.46. The van der Waals surface area contributed by atoms with E-state index in [1.807, 2.05) is 0 Å². The van der Waals surface area contributed by atoms with Crippen molar-refractivity contribution in [1.29, 1.82) is 0 Å². The topological polar surface area (TPSA) is 116 Å². The SMILES string of the molecule is CCN(C(=O)COC(=O)c1ccccc1C(=O)c1ccc2c(c1)OCCO2)[C@@H]1CCS(=O)(=O)C1. The number of amides is 1. The third kappa shape index (κ3) is 5.06. The van der Waals surface area contributed by atoms with Gasteiger partial charge < -0.3 is 19.1 Å². The first kappa shape index (κ1) is 23.7. The van der Waals surface area contributed by atoms with Crippen molar-refractivity contribution < 1.29 is 37.0 Å². The molecule has 180 valence electrons. The Hall–Kier alpha value is -3.40. The summed E-state index contributed by atoms with van der Waals surface area (Å²) >= 11 is 0. The molecule has 9 nitrogen and oxygen atoms in total. The van der Waals surface area contributed by atoms with Crippen molar-refractivity contribution in [1.82, 2.24) is 4.90 Å². The fourth-order valence-electron chi connectivity index (χ4n) is 4.15. The van der Waals surface area contributed by atoms with Gasteiger partial charge in [-0.1, -0.05) is 18.2 Å². The zero-order chi connectivity index (χ0) is 24.3. The molecule has 0 radical (unpaired) electrons. The molecule has 1 fully saturated rings. The molecular formula is C24H25NO8S. The largest absolute Gasteiger partial charge is 0.486 e. The van der Waals surface area contributed by atoms with Crippen molar-refractivity contribution in [2.75, 3.05) is 37.9 Å². The van der Waals surface area contributed by atoms with E-state index in [1.165, 1.54) is 17.0 Å². The third-order valence-corrected chi connectivity index (χ3v) is 7.58. The van der Waals surface area contributed by atoms with Gasteiger partial charge in [0.15, 0.2) is 33.7 Å². The molecular weight excluding hydrogens is 462 g/mol. The van der Waals surface area contributed by atoms with Gasteiger partial charge in [-0.25, -0.2) is 13.2 Å². The van der Waals surface area contributed by atoms with E-state index in [4.69, 9.17) is 14.2 Å². The van der Waals surface area contributed by atoms with Crippen LogP contribution in [0.15, 0.2) is 42.5 Å². The second kappa shape index (κ2) is 9.84. The van der Waals surface area contributed by atoms with Crippen LogP contribution in [0.4, 0.5) is 0 Å². The smallest absolute Gasteiger partial charge is 0.339 e. The van der Waals surface area contributed by atoms with E-state index in [2.05, 4.69) is 0 Å². The van der Waals surface area contributed by atoms with Crippen LogP contribution in [0.1, 0.15) is 39.6 Å². The summed E-state index contributed by atoms with van der Waals surface area (Å²) in [5, 5.41) is 0. The molecule has 2 aromatic carbocycles. The van der Waals surface area contributed by atoms with Gasteiger partial charge in [-0.15, -0.1) is 0 Å². The average Bonchev–Trinajstić information content (AvgIpc) is 3.21. The highest BCUT2D eigenvalue weighted by Gasteiger charge is 2.34. The average molecular weight is 488 g/mol. The lowest BCUT2D eigenvalue weighted by Gasteiger charge is -2.26. The van der Waals surface area contributed by atoms with Crippen LogP contribution < -0.4 is 9.47 Å². The second-order valence-corrected chi connectivity index (χ2v) is 10.3. The van der Waals surface area contributed by atoms with Crippen LogP contribution in [0.2, 0.25) is 0 Å². The number of carbonyl (C=O) groups excluding carboxylic acids is 3. The van der Waals surface area contributed by atoms with Gasteiger partial charge in [0.1, 0.15) is 13.2 Å². The number of benzene rings is 2. The van der Waals surface area contributed by atoms with Gasteiger partial charge in [-0.2, -0.15) is 0 Å². The lowest BCUT2D eigenvalue weighted by Crippen LogP contribution is -2.43. The summed E-state index contributed by atoms with van der Waals surface area (Å²) in [5.74, 6) is -0.745. The second-order valence-electron chi connectivity index (χ2n) is 8.05. The number of ether oxygens (including phenoxy) is 3. The van der Waals surface area contributed by atoms with Gasteiger partial charge in [0.2, 0.25) is 0 Å². The Morgan fingerprint density at radius 1 is 1.03 bits per heavy atom. The zero-order valence-corrected chi connectivity index (χ0v) is 19.5. The molecule has 2 aliphatic rings. The zero-order valence-electron chi connectivity index (χ0n) is 18.7. The van der Waals surface area contributed by atoms with Crippen LogP contribution in [-0.2, 0) is 19.4 Å². The Bertz CT molecular complexity index is 1220. The van der Waals surface area contributed by atoms with Crippen molar-refractivity contribution in [3.63, 3.8) is 0 Å². The molecule has 4 rings (SSSR count). The molecule has 0 N–H and O–H groups in total. The highest BCUT2D eigenvalue weighted by Crippen LogP contribution is 2.31. The maximum atomic E-state index is 13.1. The summed E-state index contributed by atoms with van der Waals surface area (Å²) < 4.78 is 39.8. The van der Waals surface area contributed by atoms with Crippen LogP contribution >= 0.6 is 0 Å². The molecule has 1 amide bonds. The molecule has 0 bridgehead atoms. The van der Waals surface area contributed by atoms with Crippen molar-refractivity contribution in [3.8, 4) is 11.5 Å². The van der Waals surface area contributed by atoms with Crippen LogP contribution in [0, 0.1) is 0 Å². The normalized spacial score (nSPS) is 18.2. The highest BCUT2D eigenvalue weighted by molar-refractivity contribution is 7.91. The fourth-order valence-corrected chi connectivity index (χ4v) is 5.88. The molecule has 34 heavy (non-hydrogen) atoms. The Kier molecular flexibility index (Phi) is 6.87. The molecule has 0 spiro atoms. The van der Waals surface area contributed by atoms with Gasteiger partial charge >= 0.3 is 5.97 Å². The van der Waals surface area contributed by atoms with Crippen LogP contribution in [0.25, 0.3) is 0 Å². The standard InChI is InChI=1S/C24H25NO8S/c1-2-25(17-9-12-34(29,30)15-17)22(26)14-33-24(28)19-6-4-3-5-18(19)23(27)16-7-8-20-21(13-16)32-11-10-31-20/h3-8,13,17H,2,9-12,14-15H2,1H3/t17-/m1/s1. The number of hydrogen-bond acceptors (Lipinski definition) is 8. The number of nitrogens with zero attached hydrogens (tertiary/aromatic N) is 1. The summed E-state index contributed by atoms with van der Waals surface area (Å²) in [6.45, 7) is 2.31. The molecule has 0 aromatic heterocycles. The van der Waals surface area contributed by atoms with Crippen LogP contribution in [0.5, 0.6) is 11.5 Å². The molecule has 0 aliphatic carbocycles. The summed E-state index contributed by atoms with van der Waals surface area (Å²) in [6, 6.07) is 10.6. The molecule has 0 unspecified atom stereocenters. The number of hydrogen-bond donors (Lipinski definition) is 0. The first-order valence-electron chi connectivity index (χ1n) is 11.0. The van der Waals surface area contributed by atoms with E-state index in [0.29, 0.717) is 43.2 Å². The highest BCUT2D eigenvalue weighted by atomic mass is 32.2. The molecule has 2 heterocycles. The molecule has 0 saturated carbocycles. The lowest BCUT2D eigenvalue weighted by atomic mass is 9.98. The monoisotopic (exact) mass is 487 g/mol. The van der Waals surface area contributed by atoms with Gasteiger partial charge in [-0.05, 0) is 37.6 Å². The van der Waals surface area contributed by atoms with Crippen molar-refractivity contribution in [3.05, 3.63) is 59.2 Å². The van der Waals surface area contributed by atoms with Crippen molar-refractivity contribution >= 4 is 27.5 Å². The van der Waals surface area contributed by atoms with Gasteiger partial charge in [0.25, 0.3) is 5.91 Å². The molecule has 2 aromatic rings. The number of sulfone groups is 1. The van der Waals surface area contributed by atoms with Gasteiger partial charge in [0.05, 0.1) is 17.1 Å². The van der Waals surface area contributed by atoms with Crippen molar-refractivity contribution in [2.45, 2.75) is 19.4 Å². The quantitative estimate of drug-likeness (QED) is 0.429. The minimum absolute atomic E-state index is 0.0293. The molecule has 1 atom stereocenters. The summed E-state index contributed by atoms with van der Waals surface area (Å²) in [4.78, 5) is 40.0. The van der Waals surface area contributed by atoms with Gasteiger partial charge in [0, 0.05) is 23.7 Å². The first-order valence-corrected chi connectivity index (χ1v) is 12.8. The Labute approximate surface area is 197 Å². The predicted octanol–water partition coefficient (Wildman–Crippen LogP) is 1.88. The van der Waals surface area contributed by atoms with Crippen LogP contribution in [-0.4, -0.2) is 74.9 Å². The van der Waals surface area contributed by atoms with E-state index in [-0.39, 0.29) is 22.6 Å². The maximum absolute atomic E-state index is 13.1. The van der Waals surface area contributed by atoms with Crippen molar-refractivity contribution in [2.24, 2.45) is 0 Å². The minimum atomic E-state index is -3.16. The third-order valence-electron chi connectivity index (χ3n) is 5.83. The number of likely N-dealkylation sites (N-methyl/N-ethyl adjacent to an activating group) is 1. The number of carbonyl (C=O) groups is 3. The molecule has 1 saturated heterocycles. The van der Waals surface area contributed by atoms with E-state index in [1.54, 1.807) is 37.3 Å². The maximum Gasteiger partial charge on any atom is 0.339 e. The fraction of sp³-hybridized carbons (Fsp3) is 0.375. The van der Waals surface area contributed by atoms with E-state index < -0.39 is 40.1 Å². The Morgan fingerprint density at radius 3 is 2.41 bits per heavy atom. The summed E-state index contributed by atoms with van der Waals surface area (Å²) in [7, 11) is -3.16. The molecule has 2 aliphatic heterocycles. The lowest BCUT2D eigenvalue weighted by molar-refractivity contribution is -0.136.